The number of Topliss-reactive ketones (excluding diaryl/α,β-unsaturated/α-hetero) is 1. The smallest absolute Gasteiger partial charge is 0.254 e. The van der Waals surface area contributed by atoms with E-state index in [-0.39, 0.29) is 18.2 Å². The number of amides is 2. The topological polar surface area (TPSA) is 94.6 Å². The Morgan fingerprint density at radius 3 is 2.23 bits per heavy atom. The van der Waals surface area contributed by atoms with E-state index in [9.17, 15) is 14.4 Å². The lowest BCUT2D eigenvalue weighted by Crippen LogP contribution is -2.35. The number of rotatable bonds is 10. The molecule has 0 aliphatic heterocycles. The van der Waals surface area contributed by atoms with Gasteiger partial charge in [-0.3, -0.25) is 14.4 Å². The second kappa shape index (κ2) is 10.7. The van der Waals surface area contributed by atoms with Gasteiger partial charge in [-0.2, -0.15) is 0 Å². The third-order valence-corrected chi connectivity index (χ3v) is 7.42. The highest BCUT2D eigenvalue weighted by atomic mass is 32.1. The highest BCUT2D eigenvalue weighted by Crippen LogP contribution is 2.22. The number of nitrogens with two attached hydrogens (primary N) is 1. The molecule has 3 aromatic heterocycles. The van der Waals surface area contributed by atoms with Crippen LogP contribution in [-0.4, -0.2) is 40.7 Å². The largest absolute Gasteiger partial charge is 0.497 e. The first-order valence-corrected chi connectivity index (χ1v) is 12.6. The summed E-state index contributed by atoms with van der Waals surface area (Å²) in [6, 6.07) is 16.1. The summed E-state index contributed by atoms with van der Waals surface area (Å²) < 4.78 is 6.99. The zero-order valence-electron chi connectivity index (χ0n) is 19.4. The predicted octanol–water partition coefficient (Wildman–Crippen LogP) is 4.60. The van der Waals surface area contributed by atoms with Crippen LogP contribution in [0.1, 0.15) is 46.7 Å². The Labute approximate surface area is 211 Å². The van der Waals surface area contributed by atoms with E-state index in [4.69, 9.17) is 10.5 Å². The molecular formula is C26H25N3O4S2. The molecule has 0 fully saturated rings. The third kappa shape index (κ3) is 5.52. The van der Waals surface area contributed by atoms with Gasteiger partial charge in [-0.05, 0) is 60.1 Å². The number of thiophene rings is 2. The monoisotopic (exact) mass is 507 g/mol. The number of aromatic nitrogens is 1. The van der Waals surface area contributed by atoms with Crippen molar-refractivity contribution in [2.24, 2.45) is 5.73 Å². The fourth-order valence-electron chi connectivity index (χ4n) is 3.85. The molecule has 0 radical (unpaired) electrons. The van der Waals surface area contributed by atoms with Crippen molar-refractivity contribution in [2.45, 2.75) is 20.0 Å². The number of benzene rings is 1. The first-order chi connectivity index (χ1) is 16.9. The fraction of sp³-hybridized carbons (Fsp3) is 0.192. The minimum atomic E-state index is -0.591. The van der Waals surface area contributed by atoms with Crippen LogP contribution in [0.2, 0.25) is 0 Å². The summed E-state index contributed by atoms with van der Waals surface area (Å²) in [5.74, 6) is -0.484. The van der Waals surface area contributed by atoms with Crippen molar-refractivity contribution in [3.05, 3.63) is 97.6 Å². The molecule has 0 saturated heterocycles. The second-order valence-corrected chi connectivity index (χ2v) is 10.0. The lowest BCUT2D eigenvalue weighted by atomic mass is 10.1. The van der Waals surface area contributed by atoms with Gasteiger partial charge < -0.3 is 19.9 Å². The van der Waals surface area contributed by atoms with E-state index in [0.29, 0.717) is 41.4 Å². The Kier molecular flexibility index (Phi) is 7.48. The number of hydrogen-bond acceptors (Lipinski definition) is 6. The zero-order chi connectivity index (χ0) is 24.9. The van der Waals surface area contributed by atoms with E-state index >= 15 is 0 Å². The molecule has 0 aliphatic rings. The maximum atomic E-state index is 13.6. The Bertz CT molecular complexity index is 1320. The fourth-order valence-corrected chi connectivity index (χ4v) is 5.26. The van der Waals surface area contributed by atoms with Crippen LogP contribution in [0, 0.1) is 6.92 Å². The summed E-state index contributed by atoms with van der Waals surface area (Å²) in [7, 11) is 1.56. The molecule has 0 aliphatic carbocycles. The van der Waals surface area contributed by atoms with Gasteiger partial charge in [-0.25, -0.2) is 0 Å². The van der Waals surface area contributed by atoms with Crippen molar-refractivity contribution in [1.29, 1.82) is 0 Å². The number of ether oxygens (including phenoxy) is 1. The van der Waals surface area contributed by atoms with Crippen LogP contribution in [0.25, 0.3) is 0 Å². The molecule has 2 N–H and O–H groups in total. The Morgan fingerprint density at radius 1 is 1.00 bits per heavy atom. The molecule has 0 saturated carbocycles. The van der Waals surface area contributed by atoms with Gasteiger partial charge in [0, 0.05) is 21.0 Å². The molecular weight excluding hydrogens is 482 g/mol. The molecule has 0 bridgehead atoms. The van der Waals surface area contributed by atoms with Gasteiger partial charge in [-0.15, -0.1) is 22.7 Å². The molecule has 4 rings (SSSR count). The molecule has 1 aromatic carbocycles. The van der Waals surface area contributed by atoms with Gasteiger partial charge in [-0.1, -0.05) is 12.1 Å². The summed E-state index contributed by atoms with van der Waals surface area (Å²) in [5.41, 5.74) is 7.31. The van der Waals surface area contributed by atoms with Crippen molar-refractivity contribution in [3.63, 3.8) is 0 Å². The highest BCUT2D eigenvalue weighted by Gasteiger charge is 2.25. The number of carbonyl (C=O) groups excluding carboxylic acids is 3. The van der Waals surface area contributed by atoms with Gasteiger partial charge in [0.1, 0.15) is 5.75 Å². The first-order valence-electron chi connectivity index (χ1n) is 10.9. The van der Waals surface area contributed by atoms with Crippen LogP contribution in [0.15, 0.2) is 65.4 Å². The van der Waals surface area contributed by atoms with Crippen molar-refractivity contribution >= 4 is 40.3 Å². The van der Waals surface area contributed by atoms with Crippen LogP contribution < -0.4 is 10.5 Å². The van der Waals surface area contributed by atoms with Gasteiger partial charge in [0.05, 0.1) is 38.0 Å². The molecule has 2 amide bonds. The number of carbonyl (C=O) groups is 3. The van der Waals surface area contributed by atoms with Crippen LogP contribution in [-0.2, 0) is 13.1 Å². The maximum absolute atomic E-state index is 13.6. The molecule has 3 heterocycles. The van der Waals surface area contributed by atoms with Crippen molar-refractivity contribution < 1.29 is 19.1 Å². The van der Waals surface area contributed by atoms with Crippen molar-refractivity contribution in [2.75, 3.05) is 13.7 Å². The lowest BCUT2D eigenvalue weighted by molar-refractivity contribution is 0.0696. The molecule has 0 unspecified atom stereocenters. The maximum Gasteiger partial charge on any atom is 0.254 e. The molecule has 180 valence electrons. The number of ketones is 1. The van der Waals surface area contributed by atoms with Gasteiger partial charge in [0.25, 0.3) is 11.8 Å². The average molecular weight is 508 g/mol. The summed E-state index contributed by atoms with van der Waals surface area (Å²) in [6.07, 6.45) is 0. The first kappa shape index (κ1) is 24.4. The summed E-state index contributed by atoms with van der Waals surface area (Å²) in [6.45, 7) is 2.36. The number of hydrogen-bond donors (Lipinski definition) is 1. The molecule has 7 nitrogen and oxygen atoms in total. The molecule has 4 aromatic rings. The van der Waals surface area contributed by atoms with Gasteiger partial charge >= 0.3 is 0 Å². The van der Waals surface area contributed by atoms with Crippen LogP contribution in [0.5, 0.6) is 5.75 Å². The van der Waals surface area contributed by atoms with Gasteiger partial charge in [0.2, 0.25) is 0 Å². The van der Waals surface area contributed by atoms with Crippen molar-refractivity contribution in [1.82, 2.24) is 9.47 Å². The molecule has 0 atom stereocenters. The molecule has 0 spiro atoms. The minimum absolute atomic E-state index is 0.144. The summed E-state index contributed by atoms with van der Waals surface area (Å²) in [5, 5.41) is 3.89. The number of methoxy groups -OCH3 is 1. The molecule has 35 heavy (non-hydrogen) atoms. The summed E-state index contributed by atoms with van der Waals surface area (Å²) >= 11 is 3.08. The van der Waals surface area contributed by atoms with Crippen LogP contribution >= 0.6 is 22.7 Å². The Morgan fingerprint density at radius 2 is 1.66 bits per heavy atom. The second-order valence-electron chi connectivity index (χ2n) is 7.95. The Hall–Kier alpha value is -3.69. The minimum Gasteiger partial charge on any atom is -0.497 e. The third-order valence-electron chi connectivity index (χ3n) is 5.70. The number of nitrogens with zero attached hydrogens (tertiary/aromatic N) is 2. The average Bonchev–Trinajstić information content (AvgIpc) is 3.61. The van der Waals surface area contributed by atoms with E-state index in [1.807, 2.05) is 35.0 Å². The van der Waals surface area contributed by atoms with E-state index in [0.717, 1.165) is 9.75 Å². The van der Waals surface area contributed by atoms with E-state index in [1.54, 1.807) is 54.2 Å². The lowest BCUT2D eigenvalue weighted by Gasteiger charge is -2.22. The van der Waals surface area contributed by atoms with Crippen molar-refractivity contribution in [3.8, 4) is 5.75 Å². The van der Waals surface area contributed by atoms with E-state index in [1.165, 1.54) is 22.3 Å². The van der Waals surface area contributed by atoms with Crippen LogP contribution in [0.4, 0.5) is 0 Å². The standard InChI is InChI=1S/C26H25N3O4S2/c1-17-22(25(27)31)13-23(29(17)15-21-6-4-12-35-21)24(30)16-28(14-20-5-3-11-34-20)26(32)18-7-9-19(33-2)10-8-18/h3-13H,14-16H2,1-2H3,(H2,27,31). The van der Waals surface area contributed by atoms with E-state index < -0.39 is 5.91 Å². The number of primary amides is 1. The zero-order valence-corrected chi connectivity index (χ0v) is 21.0. The normalized spacial score (nSPS) is 10.8. The predicted molar refractivity (Wildman–Crippen MR) is 137 cm³/mol. The molecule has 9 heteroatoms. The van der Waals surface area contributed by atoms with Gasteiger partial charge in [0.15, 0.2) is 5.78 Å². The van der Waals surface area contributed by atoms with E-state index in [2.05, 4.69) is 0 Å². The SMILES string of the molecule is COc1ccc(C(=O)N(CC(=O)c2cc(C(N)=O)c(C)n2Cc2cccs2)Cc2cccs2)cc1. The quantitative estimate of drug-likeness (QED) is 0.317. The highest BCUT2D eigenvalue weighted by molar-refractivity contribution is 7.10. The van der Waals surface area contributed by atoms with Crippen LogP contribution in [0.3, 0.4) is 0 Å². The Balaban J connectivity index is 1.66. The summed E-state index contributed by atoms with van der Waals surface area (Å²) in [4.78, 5) is 42.5.